The van der Waals surface area contributed by atoms with Gasteiger partial charge in [0.15, 0.2) is 0 Å². The molecule has 6 heteroatoms. The first-order chi connectivity index (χ1) is 10.1. The van der Waals surface area contributed by atoms with Crippen LogP contribution in [0.15, 0.2) is 35.7 Å². The number of amides is 1. The van der Waals surface area contributed by atoms with Gasteiger partial charge in [-0.05, 0) is 17.9 Å². The average Bonchev–Trinajstić information content (AvgIpc) is 2.96. The Kier molecular flexibility index (Phi) is 7.51. The smallest absolute Gasteiger partial charge is 0.271 e. The zero-order valence-electron chi connectivity index (χ0n) is 12.8. The van der Waals surface area contributed by atoms with Crippen molar-refractivity contribution in [3.63, 3.8) is 0 Å². The number of carbonyl (C=O) groups excluding carboxylic acids is 1. The van der Waals surface area contributed by atoms with Gasteiger partial charge in [0.1, 0.15) is 10.7 Å². The molecule has 0 bridgehead atoms. The van der Waals surface area contributed by atoms with Gasteiger partial charge in [-0.25, -0.2) is 4.98 Å². The Hall–Kier alpha value is -1.43. The van der Waals surface area contributed by atoms with E-state index in [9.17, 15) is 4.79 Å². The Morgan fingerprint density at radius 2 is 2.00 bits per heavy atom. The van der Waals surface area contributed by atoms with E-state index < -0.39 is 0 Å². The number of hydrogen-bond acceptors (Lipinski definition) is 4. The van der Waals surface area contributed by atoms with Crippen molar-refractivity contribution in [2.45, 2.75) is 32.9 Å². The van der Waals surface area contributed by atoms with Crippen molar-refractivity contribution < 1.29 is 4.79 Å². The summed E-state index contributed by atoms with van der Waals surface area (Å²) in [5.41, 5.74) is 7.11. The van der Waals surface area contributed by atoms with E-state index in [0.29, 0.717) is 18.2 Å². The van der Waals surface area contributed by atoms with E-state index in [1.54, 1.807) is 5.38 Å². The van der Waals surface area contributed by atoms with Crippen molar-refractivity contribution in [2.75, 3.05) is 0 Å². The molecular weight excluding hydrogens is 318 g/mol. The van der Waals surface area contributed by atoms with Gasteiger partial charge < -0.3 is 11.1 Å². The standard InChI is InChI=1S/C16H21N3OS.ClH/c1-11(2)8-13(12-6-4-3-5-7-12)19-16(20)14-10-21-15(9-17)18-14;/h3-7,10-11,13H,8-9,17H2,1-2H3,(H,19,20);1H. The summed E-state index contributed by atoms with van der Waals surface area (Å²) in [5.74, 6) is 0.353. The number of nitrogens with one attached hydrogen (secondary N) is 1. The van der Waals surface area contributed by atoms with Crippen LogP contribution in [0.2, 0.25) is 0 Å². The second-order valence-electron chi connectivity index (χ2n) is 5.40. The zero-order valence-corrected chi connectivity index (χ0v) is 14.4. The third kappa shape index (κ3) is 5.09. The molecule has 1 unspecified atom stereocenters. The molecule has 0 aliphatic heterocycles. The molecule has 4 nitrogen and oxygen atoms in total. The van der Waals surface area contributed by atoms with E-state index in [2.05, 4.69) is 24.1 Å². The number of rotatable bonds is 6. The molecule has 1 amide bonds. The highest BCUT2D eigenvalue weighted by Gasteiger charge is 2.18. The molecule has 0 radical (unpaired) electrons. The molecule has 2 aromatic rings. The van der Waals surface area contributed by atoms with Gasteiger partial charge in [-0.1, -0.05) is 44.2 Å². The van der Waals surface area contributed by atoms with Crippen molar-refractivity contribution in [1.29, 1.82) is 0 Å². The van der Waals surface area contributed by atoms with Crippen LogP contribution < -0.4 is 11.1 Å². The first-order valence-electron chi connectivity index (χ1n) is 7.10. The van der Waals surface area contributed by atoms with E-state index in [4.69, 9.17) is 5.73 Å². The minimum absolute atomic E-state index is 0. The predicted molar refractivity (Wildman–Crippen MR) is 93.4 cm³/mol. The van der Waals surface area contributed by atoms with Gasteiger partial charge in [0.2, 0.25) is 0 Å². The monoisotopic (exact) mass is 339 g/mol. The van der Waals surface area contributed by atoms with Crippen molar-refractivity contribution in [3.05, 3.63) is 52.0 Å². The molecule has 2 rings (SSSR count). The fourth-order valence-corrected chi connectivity index (χ4v) is 2.83. The molecular formula is C16H22ClN3OS. The van der Waals surface area contributed by atoms with Gasteiger partial charge >= 0.3 is 0 Å². The van der Waals surface area contributed by atoms with E-state index in [0.717, 1.165) is 17.0 Å². The molecule has 0 saturated carbocycles. The highest BCUT2D eigenvalue weighted by Crippen LogP contribution is 2.22. The largest absolute Gasteiger partial charge is 0.344 e. The lowest BCUT2D eigenvalue weighted by atomic mass is 9.97. The van der Waals surface area contributed by atoms with E-state index in [1.165, 1.54) is 11.3 Å². The summed E-state index contributed by atoms with van der Waals surface area (Å²) in [5, 5.41) is 5.62. The first kappa shape index (κ1) is 18.6. The number of carbonyl (C=O) groups is 1. The lowest BCUT2D eigenvalue weighted by Gasteiger charge is -2.20. The summed E-state index contributed by atoms with van der Waals surface area (Å²) < 4.78 is 0. The molecule has 0 saturated heterocycles. The lowest BCUT2D eigenvalue weighted by molar-refractivity contribution is 0.0927. The van der Waals surface area contributed by atoms with Gasteiger partial charge in [0.25, 0.3) is 5.91 Å². The Morgan fingerprint density at radius 1 is 1.32 bits per heavy atom. The number of hydrogen-bond donors (Lipinski definition) is 2. The van der Waals surface area contributed by atoms with Crippen LogP contribution in [0.4, 0.5) is 0 Å². The lowest BCUT2D eigenvalue weighted by Crippen LogP contribution is -2.29. The molecule has 1 aromatic carbocycles. The van der Waals surface area contributed by atoms with Crippen molar-refractivity contribution in [3.8, 4) is 0 Å². The third-order valence-electron chi connectivity index (χ3n) is 3.17. The Bertz CT molecular complexity index is 586. The molecule has 0 aliphatic carbocycles. The Morgan fingerprint density at radius 3 is 2.55 bits per heavy atom. The minimum atomic E-state index is -0.138. The minimum Gasteiger partial charge on any atom is -0.344 e. The predicted octanol–water partition coefficient (Wildman–Crippen LogP) is 3.54. The maximum atomic E-state index is 12.3. The fourth-order valence-electron chi connectivity index (χ4n) is 2.18. The second kappa shape index (κ2) is 8.88. The summed E-state index contributed by atoms with van der Waals surface area (Å²) in [7, 11) is 0. The van der Waals surface area contributed by atoms with Crippen LogP contribution in [0.3, 0.4) is 0 Å². The van der Waals surface area contributed by atoms with Crippen molar-refractivity contribution in [2.24, 2.45) is 11.7 Å². The first-order valence-corrected chi connectivity index (χ1v) is 7.98. The molecule has 1 heterocycles. The van der Waals surface area contributed by atoms with Gasteiger partial charge in [-0.15, -0.1) is 23.7 Å². The van der Waals surface area contributed by atoms with E-state index in [1.807, 2.05) is 30.3 Å². The quantitative estimate of drug-likeness (QED) is 0.845. The van der Waals surface area contributed by atoms with Gasteiger partial charge in [-0.3, -0.25) is 4.79 Å². The molecule has 0 aliphatic rings. The summed E-state index contributed by atoms with van der Waals surface area (Å²) in [6.45, 7) is 4.67. The van der Waals surface area contributed by atoms with E-state index >= 15 is 0 Å². The molecule has 1 aromatic heterocycles. The van der Waals surface area contributed by atoms with Crippen LogP contribution in [0.25, 0.3) is 0 Å². The van der Waals surface area contributed by atoms with Gasteiger partial charge in [0.05, 0.1) is 6.04 Å². The average molecular weight is 340 g/mol. The van der Waals surface area contributed by atoms with Crippen LogP contribution in [0.1, 0.15) is 47.4 Å². The molecule has 0 spiro atoms. The number of nitrogens with two attached hydrogens (primary N) is 1. The number of aromatic nitrogens is 1. The van der Waals surface area contributed by atoms with Gasteiger partial charge in [-0.2, -0.15) is 0 Å². The maximum absolute atomic E-state index is 12.3. The topological polar surface area (TPSA) is 68.0 Å². The number of halogens is 1. The molecule has 1 atom stereocenters. The van der Waals surface area contributed by atoms with Crippen LogP contribution in [0, 0.1) is 5.92 Å². The summed E-state index contributed by atoms with van der Waals surface area (Å²) in [6.07, 6.45) is 0.892. The molecule has 120 valence electrons. The summed E-state index contributed by atoms with van der Waals surface area (Å²) >= 11 is 1.42. The SMILES string of the molecule is CC(C)CC(NC(=O)c1csc(CN)n1)c1ccccc1.Cl. The maximum Gasteiger partial charge on any atom is 0.271 e. The summed E-state index contributed by atoms with van der Waals surface area (Å²) in [6, 6.07) is 10.0. The number of thiazole rings is 1. The molecule has 0 fully saturated rings. The van der Waals surface area contributed by atoms with Crippen LogP contribution in [-0.4, -0.2) is 10.9 Å². The van der Waals surface area contributed by atoms with Crippen LogP contribution in [0.5, 0.6) is 0 Å². The fraction of sp³-hybridized carbons (Fsp3) is 0.375. The van der Waals surface area contributed by atoms with Gasteiger partial charge in [0, 0.05) is 11.9 Å². The molecule has 3 N–H and O–H groups in total. The second-order valence-corrected chi connectivity index (χ2v) is 6.34. The van der Waals surface area contributed by atoms with E-state index in [-0.39, 0.29) is 24.4 Å². The highest BCUT2D eigenvalue weighted by atomic mass is 35.5. The van der Waals surface area contributed by atoms with Crippen LogP contribution in [-0.2, 0) is 6.54 Å². The zero-order chi connectivity index (χ0) is 15.2. The highest BCUT2D eigenvalue weighted by molar-refractivity contribution is 7.09. The number of nitrogens with zero attached hydrogens (tertiary/aromatic N) is 1. The Labute approximate surface area is 141 Å². The number of benzene rings is 1. The normalized spacial score (nSPS) is 11.8. The van der Waals surface area contributed by atoms with Crippen molar-refractivity contribution in [1.82, 2.24) is 10.3 Å². The Balaban J connectivity index is 0.00000242. The summed E-state index contributed by atoms with van der Waals surface area (Å²) in [4.78, 5) is 16.6. The van der Waals surface area contributed by atoms with Crippen LogP contribution >= 0.6 is 23.7 Å². The molecule has 22 heavy (non-hydrogen) atoms. The van der Waals surface area contributed by atoms with Crippen molar-refractivity contribution >= 4 is 29.7 Å². The third-order valence-corrected chi connectivity index (χ3v) is 4.04.